The molecule has 2 aliphatic rings. The Balaban J connectivity index is 1.31. The molecule has 6 nitrogen and oxygen atoms in total. The zero-order chi connectivity index (χ0) is 23.0. The van der Waals surface area contributed by atoms with Crippen LogP contribution in [-0.4, -0.2) is 42.7 Å². The number of benzene rings is 1. The van der Waals surface area contributed by atoms with E-state index in [1.165, 1.54) is 12.0 Å². The minimum atomic E-state index is -0.0965. The van der Waals surface area contributed by atoms with Gasteiger partial charge in [-0.3, -0.25) is 0 Å². The second kappa shape index (κ2) is 11.0. The van der Waals surface area contributed by atoms with Gasteiger partial charge in [-0.1, -0.05) is 42.9 Å². The minimum Gasteiger partial charge on any atom is -0.493 e. The van der Waals surface area contributed by atoms with Gasteiger partial charge in [0.1, 0.15) is 5.75 Å². The average Bonchev–Trinajstić information content (AvgIpc) is 2.85. The highest BCUT2D eigenvalue weighted by Gasteiger charge is 2.24. The third-order valence-electron chi connectivity index (χ3n) is 6.36. The Kier molecular flexibility index (Phi) is 7.66. The Hall–Kier alpha value is -3.28. The number of piperidine rings is 1. The lowest BCUT2D eigenvalue weighted by Crippen LogP contribution is -2.42. The molecule has 0 radical (unpaired) electrons. The quantitative estimate of drug-likeness (QED) is 0.570. The molecule has 2 atom stereocenters. The van der Waals surface area contributed by atoms with Crippen molar-refractivity contribution in [2.75, 3.05) is 32.1 Å². The summed E-state index contributed by atoms with van der Waals surface area (Å²) >= 11 is 0. The minimum absolute atomic E-state index is 0.0965. The van der Waals surface area contributed by atoms with Crippen molar-refractivity contribution in [1.82, 2.24) is 9.88 Å². The number of nitrogens with one attached hydrogen (secondary N) is 1. The fourth-order valence-corrected chi connectivity index (χ4v) is 4.36. The number of rotatable bonds is 6. The number of amides is 2. The first-order chi connectivity index (χ1) is 16.1. The molecule has 4 rings (SSSR count). The topological polar surface area (TPSA) is 63.7 Å². The molecule has 2 aromatic rings. The molecule has 0 bridgehead atoms. The second-order valence-electron chi connectivity index (χ2n) is 8.87. The summed E-state index contributed by atoms with van der Waals surface area (Å²) in [6.45, 7) is 4.33. The third-order valence-corrected chi connectivity index (χ3v) is 6.36. The Labute approximate surface area is 196 Å². The lowest BCUT2D eigenvalue weighted by molar-refractivity contribution is 0.198. The number of urea groups is 1. The standard InChI is InChI=1S/C27H33N3O3/c1-20-18-30(27(31)29-24-11-12-26(32-2)28-17-24)14-13-23(20)15-22-9-6-10-25(16-22)33-19-21-7-4-3-5-8-21/h3-4,6,9-12,15-17,20-21H,5,7-8,13-14,18-19H2,1-2H3,(H,29,31). The highest BCUT2D eigenvalue weighted by molar-refractivity contribution is 5.89. The summed E-state index contributed by atoms with van der Waals surface area (Å²) in [6.07, 6.45) is 12.7. The van der Waals surface area contributed by atoms with E-state index in [0.29, 0.717) is 30.6 Å². The van der Waals surface area contributed by atoms with Crippen LogP contribution in [0.3, 0.4) is 0 Å². The van der Waals surface area contributed by atoms with E-state index >= 15 is 0 Å². The first kappa shape index (κ1) is 22.9. The zero-order valence-electron chi connectivity index (χ0n) is 19.5. The van der Waals surface area contributed by atoms with Gasteiger partial charge in [-0.15, -0.1) is 0 Å². The number of allylic oxidation sites excluding steroid dienone is 2. The largest absolute Gasteiger partial charge is 0.493 e. The molecule has 1 fully saturated rings. The van der Waals surface area contributed by atoms with Crippen molar-refractivity contribution in [2.45, 2.75) is 32.6 Å². The molecule has 1 aromatic heterocycles. The predicted octanol–water partition coefficient (Wildman–Crippen LogP) is 5.78. The lowest BCUT2D eigenvalue weighted by Gasteiger charge is -2.33. The molecule has 33 heavy (non-hydrogen) atoms. The first-order valence-corrected chi connectivity index (χ1v) is 11.7. The van der Waals surface area contributed by atoms with Gasteiger partial charge in [0.25, 0.3) is 0 Å². The summed E-state index contributed by atoms with van der Waals surface area (Å²) in [7, 11) is 1.57. The van der Waals surface area contributed by atoms with Crippen molar-refractivity contribution in [2.24, 2.45) is 11.8 Å². The molecule has 6 heteroatoms. The summed E-state index contributed by atoms with van der Waals surface area (Å²) in [5.74, 6) is 2.35. The van der Waals surface area contributed by atoms with Crippen molar-refractivity contribution in [3.05, 3.63) is 65.9 Å². The number of likely N-dealkylation sites (tertiary alicyclic amines) is 1. The molecule has 0 spiro atoms. The predicted molar refractivity (Wildman–Crippen MR) is 132 cm³/mol. The van der Waals surface area contributed by atoms with Crippen LogP contribution in [0, 0.1) is 11.8 Å². The maximum Gasteiger partial charge on any atom is 0.321 e. The number of nitrogens with zero attached hydrogens (tertiary/aromatic N) is 2. The van der Waals surface area contributed by atoms with Gasteiger partial charge >= 0.3 is 6.03 Å². The number of carbonyl (C=O) groups excluding carboxylic acids is 1. The Morgan fingerprint density at radius 3 is 2.91 bits per heavy atom. The maximum atomic E-state index is 12.7. The van der Waals surface area contributed by atoms with Gasteiger partial charge in [-0.25, -0.2) is 9.78 Å². The summed E-state index contributed by atoms with van der Waals surface area (Å²) < 4.78 is 11.1. The van der Waals surface area contributed by atoms with Crippen molar-refractivity contribution in [1.29, 1.82) is 0 Å². The fraction of sp³-hybridized carbons (Fsp3) is 0.407. The average molecular weight is 448 g/mol. The molecule has 1 aliphatic heterocycles. The van der Waals surface area contributed by atoms with Crippen LogP contribution < -0.4 is 14.8 Å². The van der Waals surface area contributed by atoms with Gasteiger partial charge in [0.05, 0.1) is 25.6 Å². The van der Waals surface area contributed by atoms with Crippen molar-refractivity contribution in [3.63, 3.8) is 0 Å². The molecular formula is C27H33N3O3. The van der Waals surface area contributed by atoms with E-state index < -0.39 is 0 Å². The van der Waals surface area contributed by atoms with Crippen molar-refractivity contribution < 1.29 is 14.3 Å². The summed E-state index contributed by atoms with van der Waals surface area (Å²) in [4.78, 5) is 18.7. The zero-order valence-corrected chi connectivity index (χ0v) is 19.5. The number of hydrogen-bond donors (Lipinski definition) is 1. The molecule has 2 unspecified atom stereocenters. The van der Waals surface area contributed by atoms with Gasteiger partial charge in [-0.2, -0.15) is 0 Å². The van der Waals surface area contributed by atoms with Crippen LogP contribution in [0.4, 0.5) is 10.5 Å². The molecule has 0 saturated carbocycles. The normalized spacial score (nSPS) is 21.6. The number of aromatic nitrogens is 1. The second-order valence-corrected chi connectivity index (χ2v) is 8.87. The Bertz CT molecular complexity index is 1000. The Morgan fingerprint density at radius 1 is 1.27 bits per heavy atom. The molecule has 2 amide bonds. The monoisotopic (exact) mass is 447 g/mol. The van der Waals surface area contributed by atoms with E-state index in [0.717, 1.165) is 37.2 Å². The van der Waals surface area contributed by atoms with E-state index in [1.54, 1.807) is 25.4 Å². The van der Waals surface area contributed by atoms with E-state index in [9.17, 15) is 4.79 Å². The van der Waals surface area contributed by atoms with Gasteiger partial charge in [0.2, 0.25) is 5.88 Å². The highest BCUT2D eigenvalue weighted by atomic mass is 16.5. The molecule has 1 aromatic carbocycles. The molecule has 2 heterocycles. The van der Waals surface area contributed by atoms with Gasteiger partial charge < -0.3 is 19.7 Å². The van der Waals surface area contributed by atoms with Crippen LogP contribution in [0.25, 0.3) is 6.08 Å². The lowest BCUT2D eigenvalue weighted by atomic mass is 9.91. The van der Waals surface area contributed by atoms with Gasteiger partial charge in [-0.05, 0) is 61.3 Å². The SMILES string of the molecule is COc1ccc(NC(=O)N2CCC(=Cc3cccc(OCC4CC=CCC4)c3)C(C)C2)cn1. The van der Waals surface area contributed by atoms with E-state index in [-0.39, 0.29) is 11.9 Å². The summed E-state index contributed by atoms with van der Waals surface area (Å²) in [6, 6.07) is 11.8. The number of hydrogen-bond acceptors (Lipinski definition) is 4. The number of methoxy groups -OCH3 is 1. The smallest absolute Gasteiger partial charge is 0.321 e. The number of anilines is 1. The summed E-state index contributed by atoms with van der Waals surface area (Å²) in [5, 5.41) is 2.93. The van der Waals surface area contributed by atoms with Crippen LogP contribution in [0.5, 0.6) is 11.6 Å². The van der Waals surface area contributed by atoms with E-state index in [4.69, 9.17) is 9.47 Å². The molecule has 174 valence electrons. The first-order valence-electron chi connectivity index (χ1n) is 11.7. The Morgan fingerprint density at radius 2 is 2.18 bits per heavy atom. The highest BCUT2D eigenvalue weighted by Crippen LogP contribution is 2.27. The number of ether oxygens (including phenoxy) is 2. The summed E-state index contributed by atoms with van der Waals surface area (Å²) in [5.41, 5.74) is 3.18. The van der Waals surface area contributed by atoms with Gasteiger partial charge in [0.15, 0.2) is 0 Å². The maximum absolute atomic E-state index is 12.7. The fourth-order valence-electron chi connectivity index (χ4n) is 4.36. The van der Waals surface area contributed by atoms with Crippen molar-refractivity contribution in [3.8, 4) is 11.6 Å². The third kappa shape index (κ3) is 6.37. The van der Waals surface area contributed by atoms with Crippen LogP contribution in [0.15, 0.2) is 60.3 Å². The van der Waals surface area contributed by atoms with Crippen LogP contribution in [0.1, 0.15) is 38.2 Å². The van der Waals surface area contributed by atoms with Gasteiger partial charge in [0, 0.05) is 19.2 Å². The number of carbonyl (C=O) groups is 1. The number of pyridine rings is 1. The van der Waals surface area contributed by atoms with Crippen molar-refractivity contribution >= 4 is 17.8 Å². The molecular weight excluding hydrogens is 414 g/mol. The van der Waals surface area contributed by atoms with Crippen LogP contribution in [0.2, 0.25) is 0 Å². The molecule has 1 N–H and O–H groups in total. The molecule has 1 aliphatic carbocycles. The van der Waals surface area contributed by atoms with E-state index in [1.807, 2.05) is 11.0 Å². The van der Waals surface area contributed by atoms with E-state index in [2.05, 4.69) is 53.7 Å². The van der Waals surface area contributed by atoms with Crippen LogP contribution in [-0.2, 0) is 0 Å². The van der Waals surface area contributed by atoms with Crippen LogP contribution >= 0.6 is 0 Å². The molecule has 1 saturated heterocycles.